The fourth-order valence-electron chi connectivity index (χ4n) is 3.36. The van der Waals surface area contributed by atoms with Crippen molar-refractivity contribution in [1.82, 2.24) is 15.3 Å². The van der Waals surface area contributed by atoms with Crippen LogP contribution in [0.15, 0.2) is 28.9 Å². The van der Waals surface area contributed by atoms with Gasteiger partial charge in [0.2, 0.25) is 0 Å². The summed E-state index contributed by atoms with van der Waals surface area (Å²) in [4.78, 5) is 21.1. The van der Waals surface area contributed by atoms with Crippen molar-refractivity contribution in [2.24, 2.45) is 5.92 Å². The van der Waals surface area contributed by atoms with Crippen LogP contribution in [-0.2, 0) is 0 Å². The summed E-state index contributed by atoms with van der Waals surface area (Å²) in [6.45, 7) is 5.53. The number of halogens is 2. The third-order valence-corrected chi connectivity index (χ3v) is 5.10. The molecule has 0 radical (unpaired) electrons. The Hall–Kier alpha value is -3.03. The topological polar surface area (TPSA) is 80.0 Å². The van der Waals surface area contributed by atoms with Gasteiger partial charge in [-0.05, 0) is 31.7 Å². The zero-order valence-corrected chi connectivity index (χ0v) is 16.4. The van der Waals surface area contributed by atoms with E-state index in [9.17, 15) is 13.6 Å². The number of hydrogen-bond acceptors (Lipinski definition) is 4. The minimum Gasteiger partial charge on any atom is -0.455 e. The van der Waals surface area contributed by atoms with Crippen molar-refractivity contribution in [1.29, 1.82) is 0 Å². The molecule has 1 aliphatic carbocycles. The average Bonchev–Trinajstić information content (AvgIpc) is 3.46. The first-order valence-electron chi connectivity index (χ1n) is 9.61. The molecule has 29 heavy (non-hydrogen) atoms. The zero-order chi connectivity index (χ0) is 20.7. The fourth-order valence-corrected chi connectivity index (χ4v) is 3.36. The van der Waals surface area contributed by atoms with Crippen molar-refractivity contribution in [3.8, 4) is 0 Å². The number of nitrogens with one attached hydrogen (secondary N) is 2. The maximum atomic E-state index is 14.1. The van der Waals surface area contributed by atoms with Gasteiger partial charge in [-0.1, -0.05) is 13.8 Å². The number of nitrogens with zero attached hydrogens (tertiary/aromatic N) is 2. The van der Waals surface area contributed by atoms with Crippen LogP contribution >= 0.6 is 0 Å². The summed E-state index contributed by atoms with van der Waals surface area (Å²) in [6.07, 6.45) is 5.36. The van der Waals surface area contributed by atoms with Gasteiger partial charge in [0.1, 0.15) is 17.4 Å². The minimum atomic E-state index is -0.769. The summed E-state index contributed by atoms with van der Waals surface area (Å²) < 4.78 is 33.4. The van der Waals surface area contributed by atoms with E-state index in [0.29, 0.717) is 28.3 Å². The number of hydrogen-bond donors (Lipinski definition) is 2. The van der Waals surface area contributed by atoms with Gasteiger partial charge in [0.15, 0.2) is 11.4 Å². The largest absolute Gasteiger partial charge is 0.455 e. The van der Waals surface area contributed by atoms with Crippen molar-refractivity contribution in [3.63, 3.8) is 0 Å². The lowest BCUT2D eigenvalue weighted by molar-refractivity contribution is 0.241. The number of fused-ring (bicyclic) bond motifs is 1. The first-order valence-corrected chi connectivity index (χ1v) is 9.61. The second kappa shape index (κ2) is 7.42. The van der Waals surface area contributed by atoms with E-state index in [4.69, 9.17) is 4.42 Å². The third kappa shape index (κ3) is 3.92. The van der Waals surface area contributed by atoms with Crippen LogP contribution in [0.4, 0.5) is 19.3 Å². The van der Waals surface area contributed by atoms with Crippen molar-refractivity contribution in [2.75, 3.05) is 5.32 Å². The van der Waals surface area contributed by atoms with Crippen LogP contribution in [0.5, 0.6) is 0 Å². The Kier molecular flexibility index (Phi) is 4.94. The van der Waals surface area contributed by atoms with Crippen molar-refractivity contribution >= 4 is 22.7 Å². The highest BCUT2D eigenvalue weighted by Gasteiger charge is 2.28. The fraction of sp³-hybridized carbons (Fsp3) is 0.381. The van der Waals surface area contributed by atoms with Crippen molar-refractivity contribution < 1.29 is 18.0 Å². The van der Waals surface area contributed by atoms with Crippen molar-refractivity contribution in [3.05, 3.63) is 53.3 Å². The first kappa shape index (κ1) is 19.3. The summed E-state index contributed by atoms with van der Waals surface area (Å²) in [6, 6.07) is 1.02. The Morgan fingerprint density at radius 3 is 2.52 bits per heavy atom. The van der Waals surface area contributed by atoms with Crippen LogP contribution in [0.2, 0.25) is 0 Å². The number of carbonyl (C=O) groups excluding carboxylic acids is 1. The lowest BCUT2D eigenvalue weighted by atomic mass is 9.98. The van der Waals surface area contributed by atoms with E-state index >= 15 is 0 Å². The maximum Gasteiger partial charge on any atom is 0.319 e. The van der Waals surface area contributed by atoms with Gasteiger partial charge in [0.25, 0.3) is 0 Å². The molecule has 4 rings (SSSR count). The number of carbonyl (C=O) groups is 1. The highest BCUT2D eigenvalue weighted by atomic mass is 19.1. The van der Waals surface area contributed by atoms with Crippen LogP contribution in [0.25, 0.3) is 11.0 Å². The molecule has 2 N–H and O–H groups in total. The SMILES string of the molecule is Cc1c([C@H](NC(=O)Nc2cnc(C3CC3)nc2)C(C)C)oc2c(F)cc(F)cc12. The summed E-state index contributed by atoms with van der Waals surface area (Å²) in [5, 5.41) is 5.91. The van der Waals surface area contributed by atoms with Gasteiger partial charge in [-0.25, -0.2) is 23.5 Å². The number of aryl methyl sites for hydroxylation is 1. The molecule has 1 fully saturated rings. The van der Waals surface area contributed by atoms with E-state index < -0.39 is 23.7 Å². The quantitative estimate of drug-likeness (QED) is 0.616. The minimum absolute atomic E-state index is 0.0178. The molecule has 0 unspecified atom stereocenters. The van der Waals surface area contributed by atoms with Gasteiger partial charge in [0.05, 0.1) is 24.1 Å². The summed E-state index contributed by atoms with van der Waals surface area (Å²) in [5.41, 5.74) is 1.05. The van der Waals surface area contributed by atoms with Crippen LogP contribution in [0.3, 0.4) is 0 Å². The molecular weight excluding hydrogens is 378 g/mol. The summed E-state index contributed by atoms with van der Waals surface area (Å²) in [7, 11) is 0. The lowest BCUT2D eigenvalue weighted by Gasteiger charge is -2.21. The number of anilines is 1. The molecule has 3 aromatic rings. The Bertz CT molecular complexity index is 1060. The lowest BCUT2D eigenvalue weighted by Crippen LogP contribution is -2.35. The molecule has 0 aliphatic heterocycles. The van der Waals surface area contributed by atoms with Gasteiger partial charge in [0, 0.05) is 22.9 Å². The van der Waals surface area contributed by atoms with Gasteiger partial charge in [-0.15, -0.1) is 0 Å². The molecule has 0 saturated heterocycles. The second-order valence-electron chi connectivity index (χ2n) is 7.78. The molecule has 0 bridgehead atoms. The van der Waals surface area contributed by atoms with E-state index in [1.54, 1.807) is 19.3 Å². The Morgan fingerprint density at radius 1 is 1.21 bits per heavy atom. The average molecular weight is 400 g/mol. The van der Waals surface area contributed by atoms with Gasteiger partial charge in [-0.3, -0.25) is 0 Å². The van der Waals surface area contributed by atoms with E-state index in [1.165, 1.54) is 6.07 Å². The molecule has 1 aliphatic rings. The molecule has 2 heterocycles. The number of furan rings is 1. The molecule has 152 valence electrons. The number of aromatic nitrogens is 2. The summed E-state index contributed by atoms with van der Waals surface area (Å²) >= 11 is 0. The Balaban J connectivity index is 1.54. The molecule has 8 heteroatoms. The molecule has 0 spiro atoms. The Morgan fingerprint density at radius 2 is 1.90 bits per heavy atom. The monoisotopic (exact) mass is 400 g/mol. The van der Waals surface area contributed by atoms with E-state index in [-0.39, 0.29) is 11.5 Å². The van der Waals surface area contributed by atoms with E-state index in [0.717, 1.165) is 24.7 Å². The molecule has 1 saturated carbocycles. The van der Waals surface area contributed by atoms with Gasteiger partial charge < -0.3 is 15.1 Å². The van der Waals surface area contributed by atoms with E-state index in [2.05, 4.69) is 20.6 Å². The molecule has 2 amide bonds. The van der Waals surface area contributed by atoms with Crippen LogP contribution in [0.1, 0.15) is 55.8 Å². The number of urea groups is 1. The van der Waals surface area contributed by atoms with Gasteiger partial charge >= 0.3 is 6.03 Å². The predicted molar refractivity (Wildman–Crippen MR) is 105 cm³/mol. The Labute approximate surface area is 166 Å². The molecular formula is C21H22F2N4O2. The second-order valence-corrected chi connectivity index (χ2v) is 7.78. The normalized spacial score (nSPS) is 15.0. The molecule has 2 aromatic heterocycles. The zero-order valence-electron chi connectivity index (χ0n) is 16.4. The first-order chi connectivity index (χ1) is 13.8. The maximum absolute atomic E-state index is 14.1. The highest BCUT2D eigenvalue weighted by molar-refractivity contribution is 5.89. The molecule has 1 aromatic carbocycles. The standard InChI is InChI=1S/C21H22F2N4O2/c1-10(2)17(18-11(3)15-6-13(22)7-16(23)19(15)29-18)27-21(28)26-14-8-24-20(25-9-14)12-4-5-12/h6-10,12,17H,4-5H2,1-3H3,(H2,26,27,28)/t17-/m1/s1. The third-order valence-electron chi connectivity index (χ3n) is 5.10. The van der Waals surface area contributed by atoms with Crippen LogP contribution in [-0.4, -0.2) is 16.0 Å². The highest BCUT2D eigenvalue weighted by Crippen LogP contribution is 2.38. The number of rotatable bonds is 5. The van der Waals surface area contributed by atoms with Crippen LogP contribution < -0.4 is 10.6 Å². The molecule has 1 atom stereocenters. The number of amides is 2. The van der Waals surface area contributed by atoms with E-state index in [1.807, 2.05) is 13.8 Å². The summed E-state index contributed by atoms with van der Waals surface area (Å²) in [5.74, 6) is 0.130. The predicted octanol–water partition coefficient (Wildman–Crippen LogP) is 5.21. The van der Waals surface area contributed by atoms with Crippen LogP contribution in [0, 0.1) is 24.5 Å². The smallest absolute Gasteiger partial charge is 0.319 e. The number of benzene rings is 1. The van der Waals surface area contributed by atoms with Gasteiger partial charge in [-0.2, -0.15) is 0 Å². The van der Waals surface area contributed by atoms with Crippen molar-refractivity contribution in [2.45, 2.75) is 45.6 Å². The molecule has 6 nitrogen and oxygen atoms in total.